The van der Waals surface area contributed by atoms with Gasteiger partial charge in [-0.05, 0) is 48.8 Å². The zero-order chi connectivity index (χ0) is 17.1. The van der Waals surface area contributed by atoms with E-state index in [1.54, 1.807) is 0 Å². The topological polar surface area (TPSA) is 65.2 Å². The third kappa shape index (κ3) is 3.83. The average Bonchev–Trinajstić information content (AvgIpc) is 3.47. The number of benzene rings is 2. The number of hydrazine groups is 1. The summed E-state index contributed by atoms with van der Waals surface area (Å²) in [7, 11) is 0. The first-order valence-electron chi connectivity index (χ1n) is 8.45. The number of hydrogen-bond donors (Lipinski definition) is 4. The van der Waals surface area contributed by atoms with Crippen molar-refractivity contribution in [3.63, 3.8) is 0 Å². The van der Waals surface area contributed by atoms with Gasteiger partial charge in [-0.25, -0.2) is 0 Å². The molecule has 0 atom stereocenters. The zero-order valence-corrected chi connectivity index (χ0v) is 13.8. The van der Waals surface area contributed by atoms with Gasteiger partial charge in [-0.2, -0.15) is 0 Å². The minimum atomic E-state index is -0.0129. The first-order valence-corrected chi connectivity index (χ1v) is 8.45. The quantitative estimate of drug-likeness (QED) is 0.675. The van der Waals surface area contributed by atoms with E-state index in [2.05, 4.69) is 33.6 Å². The molecular formula is C20H24N4O. The Kier molecular flexibility index (Phi) is 4.12. The molecule has 5 nitrogen and oxygen atoms in total. The Hall–Kier alpha value is -3.21. The summed E-state index contributed by atoms with van der Waals surface area (Å²) in [5.74, 6) is 0.806. The van der Waals surface area contributed by atoms with Gasteiger partial charge < -0.3 is 10.6 Å². The molecule has 1 heterocycles. The molecule has 4 rings (SSSR count). The van der Waals surface area contributed by atoms with E-state index < -0.39 is 0 Å². The lowest BCUT2D eigenvalue weighted by molar-refractivity contribution is 0.0951. The highest BCUT2D eigenvalue weighted by Crippen LogP contribution is 2.20. The molecule has 0 saturated heterocycles. The van der Waals surface area contributed by atoms with Crippen LogP contribution in [0.4, 0.5) is 5.69 Å². The SMILES string of the molecule is O=C(NC1CC1)c1cccc(NC2=CC=C(c3ccccc3)NN2)c1.[HH].[HH]. The molecule has 1 fully saturated rings. The Morgan fingerprint density at radius 1 is 1.00 bits per heavy atom. The second-order valence-corrected chi connectivity index (χ2v) is 6.23. The fraction of sp³-hybridized carbons (Fsp3) is 0.150. The molecule has 1 aliphatic heterocycles. The van der Waals surface area contributed by atoms with Gasteiger partial charge in [0.25, 0.3) is 5.91 Å². The van der Waals surface area contributed by atoms with Gasteiger partial charge in [0.15, 0.2) is 0 Å². The third-order valence-electron chi connectivity index (χ3n) is 4.15. The minimum Gasteiger partial charge on any atom is -0.349 e. The van der Waals surface area contributed by atoms with Crippen LogP contribution in [-0.4, -0.2) is 11.9 Å². The van der Waals surface area contributed by atoms with E-state index >= 15 is 0 Å². The average molecular weight is 336 g/mol. The molecule has 0 bridgehead atoms. The molecule has 4 N–H and O–H groups in total. The molecule has 0 unspecified atom stereocenters. The normalized spacial score (nSPS) is 16.0. The molecule has 0 spiro atoms. The summed E-state index contributed by atoms with van der Waals surface area (Å²) >= 11 is 0. The number of amides is 1. The molecule has 1 aliphatic carbocycles. The summed E-state index contributed by atoms with van der Waals surface area (Å²) in [6.07, 6.45) is 6.15. The predicted molar refractivity (Wildman–Crippen MR) is 104 cm³/mol. The van der Waals surface area contributed by atoms with Crippen molar-refractivity contribution in [2.45, 2.75) is 18.9 Å². The van der Waals surface area contributed by atoms with Crippen LogP contribution in [0.2, 0.25) is 0 Å². The highest BCUT2D eigenvalue weighted by atomic mass is 16.1. The van der Waals surface area contributed by atoms with Crippen LogP contribution >= 0.6 is 0 Å². The Labute approximate surface area is 149 Å². The molecule has 1 amide bonds. The number of carbonyl (C=O) groups is 1. The van der Waals surface area contributed by atoms with Crippen molar-refractivity contribution in [2.75, 3.05) is 5.32 Å². The lowest BCUT2D eigenvalue weighted by Gasteiger charge is -2.21. The Bertz CT molecular complexity index is 848. The second kappa shape index (κ2) is 6.73. The summed E-state index contributed by atoms with van der Waals surface area (Å²) in [4.78, 5) is 12.1. The summed E-state index contributed by atoms with van der Waals surface area (Å²) in [5, 5.41) is 6.29. The molecule has 2 aromatic carbocycles. The smallest absolute Gasteiger partial charge is 0.251 e. The van der Waals surface area contributed by atoms with Crippen LogP contribution < -0.4 is 21.5 Å². The molecule has 0 aromatic heterocycles. The van der Waals surface area contributed by atoms with Gasteiger partial charge in [-0.3, -0.25) is 15.6 Å². The standard InChI is InChI=1S/C20H20N4O.2H2/c25-20(22-16-9-10-16)15-7-4-8-17(13-15)21-19-12-11-18(23-24-19)14-5-2-1-3-6-14;;/h1-8,11-13,16,21,23-24H,9-10H2,(H,22,25);2*1H. The van der Waals surface area contributed by atoms with Crippen molar-refractivity contribution in [1.82, 2.24) is 16.2 Å². The number of carbonyl (C=O) groups excluding carboxylic acids is 1. The van der Waals surface area contributed by atoms with Gasteiger partial charge in [-0.15, -0.1) is 0 Å². The maximum atomic E-state index is 12.1. The number of rotatable bonds is 5. The molecule has 130 valence electrons. The van der Waals surface area contributed by atoms with Crippen molar-refractivity contribution in [2.24, 2.45) is 0 Å². The molecule has 1 saturated carbocycles. The summed E-state index contributed by atoms with van der Waals surface area (Å²) in [5.41, 5.74) is 9.96. The minimum absolute atomic E-state index is 0. The van der Waals surface area contributed by atoms with Crippen LogP contribution in [0.5, 0.6) is 0 Å². The van der Waals surface area contributed by atoms with Crippen LogP contribution in [0.25, 0.3) is 5.70 Å². The van der Waals surface area contributed by atoms with Crippen LogP contribution in [0.1, 0.15) is 31.6 Å². The molecule has 0 radical (unpaired) electrons. The molecular weight excluding hydrogens is 312 g/mol. The zero-order valence-electron chi connectivity index (χ0n) is 13.8. The van der Waals surface area contributed by atoms with E-state index in [0.29, 0.717) is 11.6 Å². The Morgan fingerprint density at radius 2 is 1.84 bits per heavy atom. The van der Waals surface area contributed by atoms with E-state index in [1.807, 2.05) is 54.6 Å². The van der Waals surface area contributed by atoms with Crippen molar-refractivity contribution in [1.29, 1.82) is 0 Å². The monoisotopic (exact) mass is 336 g/mol. The van der Waals surface area contributed by atoms with Crippen molar-refractivity contribution in [3.8, 4) is 0 Å². The van der Waals surface area contributed by atoms with Gasteiger partial charge in [0, 0.05) is 20.1 Å². The highest BCUT2D eigenvalue weighted by Gasteiger charge is 2.23. The van der Waals surface area contributed by atoms with Crippen molar-refractivity contribution >= 4 is 17.3 Å². The van der Waals surface area contributed by atoms with Crippen LogP contribution in [-0.2, 0) is 0 Å². The number of hydrogen-bond acceptors (Lipinski definition) is 4. The summed E-state index contributed by atoms with van der Waals surface area (Å²) in [6.45, 7) is 0. The fourth-order valence-corrected chi connectivity index (χ4v) is 2.63. The maximum Gasteiger partial charge on any atom is 0.251 e. The lowest BCUT2D eigenvalue weighted by Crippen LogP contribution is -2.35. The lowest BCUT2D eigenvalue weighted by atomic mass is 10.1. The summed E-state index contributed by atoms with van der Waals surface area (Å²) < 4.78 is 0. The molecule has 2 aromatic rings. The van der Waals surface area contributed by atoms with E-state index in [4.69, 9.17) is 0 Å². The predicted octanol–water partition coefficient (Wildman–Crippen LogP) is 3.47. The van der Waals surface area contributed by atoms with Gasteiger partial charge in [0.05, 0.1) is 5.70 Å². The van der Waals surface area contributed by atoms with E-state index in [9.17, 15) is 4.79 Å². The van der Waals surface area contributed by atoms with Crippen LogP contribution in [0.15, 0.2) is 72.6 Å². The van der Waals surface area contributed by atoms with E-state index in [-0.39, 0.29) is 8.76 Å². The third-order valence-corrected chi connectivity index (χ3v) is 4.15. The van der Waals surface area contributed by atoms with Crippen LogP contribution in [0.3, 0.4) is 0 Å². The first-order chi connectivity index (χ1) is 12.3. The fourth-order valence-electron chi connectivity index (χ4n) is 2.63. The van der Waals surface area contributed by atoms with Crippen molar-refractivity contribution in [3.05, 3.63) is 83.7 Å². The van der Waals surface area contributed by atoms with E-state index in [0.717, 1.165) is 35.6 Å². The van der Waals surface area contributed by atoms with Gasteiger partial charge in [-0.1, -0.05) is 36.4 Å². The maximum absolute atomic E-state index is 12.1. The second-order valence-electron chi connectivity index (χ2n) is 6.23. The van der Waals surface area contributed by atoms with Crippen LogP contribution in [0, 0.1) is 0 Å². The number of anilines is 1. The first kappa shape index (κ1) is 15.3. The van der Waals surface area contributed by atoms with Gasteiger partial charge in [0.2, 0.25) is 0 Å². The summed E-state index contributed by atoms with van der Waals surface area (Å²) in [6, 6.07) is 18.0. The van der Waals surface area contributed by atoms with Gasteiger partial charge in [0.1, 0.15) is 5.82 Å². The molecule has 25 heavy (non-hydrogen) atoms. The van der Waals surface area contributed by atoms with Gasteiger partial charge >= 0.3 is 0 Å². The molecule has 2 aliphatic rings. The van der Waals surface area contributed by atoms with Crippen molar-refractivity contribution < 1.29 is 7.65 Å². The largest absolute Gasteiger partial charge is 0.349 e. The molecule has 5 heteroatoms. The Balaban J connectivity index is 0.00000131. The van der Waals surface area contributed by atoms with E-state index in [1.165, 1.54) is 0 Å². The number of allylic oxidation sites excluding steroid dienone is 2. The number of nitrogens with one attached hydrogen (secondary N) is 4. The highest BCUT2D eigenvalue weighted by molar-refractivity contribution is 5.95. The Morgan fingerprint density at radius 3 is 2.56 bits per heavy atom.